The molecular weight excluding hydrogens is 355 g/mol. The van der Waals surface area contributed by atoms with Crippen LogP contribution >= 0.6 is 9.24 Å². The summed E-state index contributed by atoms with van der Waals surface area (Å²) < 4.78 is 0. The van der Waals surface area contributed by atoms with Gasteiger partial charge in [-0.25, -0.2) is 0 Å². The van der Waals surface area contributed by atoms with Crippen LogP contribution in [-0.4, -0.2) is 5.16 Å². The Balaban J connectivity index is 3.97. The molecule has 2 unspecified atom stereocenters. The van der Waals surface area contributed by atoms with E-state index in [0.717, 1.165) is 5.92 Å². The average Bonchev–Trinajstić information content (AvgIpc) is 2.70. The summed E-state index contributed by atoms with van der Waals surface area (Å²) in [5, 5.41) is 0.528. The topological polar surface area (TPSA) is 0 Å². The molecule has 0 bridgehead atoms. The fraction of sp³-hybridized carbons (Fsp3) is 1.00. The van der Waals surface area contributed by atoms with Crippen molar-refractivity contribution in [3.63, 3.8) is 0 Å². The molecule has 0 heterocycles. The summed E-state index contributed by atoms with van der Waals surface area (Å²) in [4.78, 5) is 0. The summed E-state index contributed by atoms with van der Waals surface area (Å²) in [5.41, 5.74) is 0. The SMILES string of the molecule is CCCCCCCCCCCCCCC(CCC)C(P)(CCCC)CCCC. The van der Waals surface area contributed by atoms with E-state index >= 15 is 0 Å². The monoisotopic (exact) mass is 412 g/mol. The van der Waals surface area contributed by atoms with Gasteiger partial charge in [0.05, 0.1) is 0 Å². The second kappa shape index (κ2) is 20.7. The van der Waals surface area contributed by atoms with Crippen molar-refractivity contribution in [2.24, 2.45) is 5.92 Å². The Labute approximate surface area is 183 Å². The smallest absolute Gasteiger partial charge is 0.0122 e. The number of hydrogen-bond acceptors (Lipinski definition) is 0. The van der Waals surface area contributed by atoms with Gasteiger partial charge >= 0.3 is 0 Å². The minimum atomic E-state index is 0.528. The summed E-state index contributed by atoms with van der Waals surface area (Å²) >= 11 is 0. The molecule has 1 heteroatoms. The van der Waals surface area contributed by atoms with Crippen LogP contribution in [0.25, 0.3) is 0 Å². The van der Waals surface area contributed by atoms with Gasteiger partial charge in [-0.2, -0.15) is 0 Å². The molecule has 0 saturated carbocycles. The molecule has 0 nitrogen and oxygen atoms in total. The third-order valence-corrected chi connectivity index (χ3v) is 7.90. The average molecular weight is 413 g/mol. The third-order valence-electron chi connectivity index (χ3n) is 6.85. The molecule has 0 spiro atoms. The zero-order chi connectivity index (χ0) is 20.9. The lowest BCUT2D eigenvalue weighted by molar-refractivity contribution is 0.278. The van der Waals surface area contributed by atoms with Crippen molar-refractivity contribution in [3.05, 3.63) is 0 Å². The molecule has 0 fully saturated rings. The van der Waals surface area contributed by atoms with Crippen LogP contribution in [0.2, 0.25) is 0 Å². The first-order chi connectivity index (χ1) is 13.6. The van der Waals surface area contributed by atoms with Crippen molar-refractivity contribution < 1.29 is 0 Å². The fourth-order valence-corrected chi connectivity index (χ4v) is 5.59. The van der Waals surface area contributed by atoms with Crippen LogP contribution in [0.1, 0.15) is 163 Å². The molecule has 170 valence electrons. The Hall–Kier alpha value is 0.430. The van der Waals surface area contributed by atoms with Crippen molar-refractivity contribution in [2.75, 3.05) is 0 Å². The first kappa shape index (κ1) is 28.4. The third kappa shape index (κ3) is 15.3. The standard InChI is InChI=1S/C27H57P/c1-5-9-12-13-14-15-16-17-18-19-20-21-23-26(22-8-4)27(28,24-10-6-2)25-11-7-3/h26H,5-25,28H2,1-4H3. The van der Waals surface area contributed by atoms with Gasteiger partial charge in [0.1, 0.15) is 0 Å². The van der Waals surface area contributed by atoms with Gasteiger partial charge in [-0.05, 0) is 36.8 Å². The van der Waals surface area contributed by atoms with Gasteiger partial charge < -0.3 is 0 Å². The lowest BCUT2D eigenvalue weighted by Crippen LogP contribution is -2.31. The molecule has 0 aliphatic carbocycles. The van der Waals surface area contributed by atoms with Gasteiger partial charge in [-0.15, -0.1) is 9.24 Å². The normalized spacial score (nSPS) is 13.2. The molecule has 0 aromatic carbocycles. The lowest BCUT2D eigenvalue weighted by atomic mass is 9.77. The minimum Gasteiger partial charge on any atom is -0.131 e. The number of rotatable bonds is 22. The van der Waals surface area contributed by atoms with Crippen molar-refractivity contribution in [2.45, 2.75) is 168 Å². The second-order valence-corrected chi connectivity index (χ2v) is 10.8. The van der Waals surface area contributed by atoms with E-state index in [-0.39, 0.29) is 0 Å². The summed E-state index contributed by atoms with van der Waals surface area (Å²) in [7, 11) is 3.37. The highest BCUT2D eigenvalue weighted by atomic mass is 31.0. The van der Waals surface area contributed by atoms with Crippen LogP contribution in [0.3, 0.4) is 0 Å². The molecule has 0 aromatic rings. The molecule has 2 atom stereocenters. The van der Waals surface area contributed by atoms with Gasteiger partial charge in [0.15, 0.2) is 0 Å². The van der Waals surface area contributed by atoms with Crippen molar-refractivity contribution in [3.8, 4) is 0 Å². The lowest BCUT2D eigenvalue weighted by Gasteiger charge is -2.38. The predicted octanol–water partition coefficient (Wildman–Crippen LogP) is 10.5. The van der Waals surface area contributed by atoms with E-state index < -0.39 is 0 Å². The van der Waals surface area contributed by atoms with Crippen molar-refractivity contribution in [1.29, 1.82) is 0 Å². The van der Waals surface area contributed by atoms with E-state index in [9.17, 15) is 0 Å². The Morgan fingerprint density at radius 2 is 0.857 bits per heavy atom. The van der Waals surface area contributed by atoms with Crippen LogP contribution in [0, 0.1) is 5.92 Å². The van der Waals surface area contributed by atoms with Crippen molar-refractivity contribution in [1.82, 2.24) is 0 Å². The summed E-state index contributed by atoms with van der Waals surface area (Å²) in [5.74, 6) is 0.934. The molecule has 0 rings (SSSR count). The Bertz CT molecular complexity index is 291. The van der Waals surface area contributed by atoms with E-state index in [0.29, 0.717) is 5.16 Å². The molecule has 28 heavy (non-hydrogen) atoms. The van der Waals surface area contributed by atoms with Crippen LogP contribution in [0.4, 0.5) is 0 Å². The van der Waals surface area contributed by atoms with Gasteiger partial charge in [0, 0.05) is 0 Å². The van der Waals surface area contributed by atoms with Gasteiger partial charge in [-0.3, -0.25) is 0 Å². The predicted molar refractivity (Wildman–Crippen MR) is 136 cm³/mol. The highest BCUT2D eigenvalue weighted by Crippen LogP contribution is 2.43. The molecule has 0 aliphatic heterocycles. The van der Waals surface area contributed by atoms with Gasteiger partial charge in [0.2, 0.25) is 0 Å². The van der Waals surface area contributed by atoms with Crippen LogP contribution in [-0.2, 0) is 0 Å². The van der Waals surface area contributed by atoms with Crippen LogP contribution in [0.5, 0.6) is 0 Å². The maximum atomic E-state index is 3.37. The minimum absolute atomic E-state index is 0.528. The molecule has 0 aliphatic rings. The maximum Gasteiger partial charge on any atom is -0.0122 e. The summed E-state index contributed by atoms with van der Waals surface area (Å²) in [6.07, 6.45) is 30.2. The number of unbranched alkanes of at least 4 members (excludes halogenated alkanes) is 13. The van der Waals surface area contributed by atoms with E-state index in [4.69, 9.17) is 0 Å². The van der Waals surface area contributed by atoms with Gasteiger partial charge in [0.25, 0.3) is 0 Å². The number of hydrogen-bond donors (Lipinski definition) is 0. The first-order valence-corrected chi connectivity index (χ1v) is 14.0. The molecule has 0 aromatic heterocycles. The molecular formula is C27H57P. The van der Waals surface area contributed by atoms with Gasteiger partial charge in [-0.1, -0.05) is 137 Å². The summed E-state index contributed by atoms with van der Waals surface area (Å²) in [6, 6.07) is 0. The fourth-order valence-electron chi connectivity index (χ4n) is 4.84. The Morgan fingerprint density at radius 3 is 1.25 bits per heavy atom. The van der Waals surface area contributed by atoms with E-state index in [1.54, 1.807) is 0 Å². The Kier molecular flexibility index (Phi) is 21.0. The van der Waals surface area contributed by atoms with Crippen LogP contribution < -0.4 is 0 Å². The molecule has 0 radical (unpaired) electrons. The zero-order valence-corrected chi connectivity index (χ0v) is 21.7. The molecule has 0 amide bonds. The molecule has 0 N–H and O–H groups in total. The van der Waals surface area contributed by atoms with E-state index in [1.807, 2.05) is 0 Å². The summed E-state index contributed by atoms with van der Waals surface area (Å²) in [6.45, 7) is 9.40. The maximum absolute atomic E-state index is 3.37. The second-order valence-electron chi connectivity index (χ2n) is 9.60. The van der Waals surface area contributed by atoms with Crippen molar-refractivity contribution >= 4 is 9.24 Å². The Morgan fingerprint density at radius 1 is 0.464 bits per heavy atom. The molecule has 0 saturated heterocycles. The first-order valence-electron chi connectivity index (χ1n) is 13.4. The highest BCUT2D eigenvalue weighted by molar-refractivity contribution is 7.19. The van der Waals surface area contributed by atoms with E-state index in [2.05, 4.69) is 36.9 Å². The largest absolute Gasteiger partial charge is 0.131 e. The zero-order valence-electron chi connectivity index (χ0n) is 20.5. The highest BCUT2D eigenvalue weighted by Gasteiger charge is 2.32. The quantitative estimate of drug-likeness (QED) is 0.122. The van der Waals surface area contributed by atoms with E-state index in [1.165, 1.54) is 135 Å². The van der Waals surface area contributed by atoms with Crippen LogP contribution in [0.15, 0.2) is 0 Å².